The first kappa shape index (κ1) is 48.1. The summed E-state index contributed by atoms with van der Waals surface area (Å²) in [4.78, 5) is 37.4. The lowest BCUT2D eigenvalue weighted by Gasteiger charge is -2.18. The monoisotopic (exact) mass is 707 g/mol. The van der Waals surface area contributed by atoms with E-state index in [0.717, 1.165) is 64.2 Å². The van der Waals surface area contributed by atoms with Gasteiger partial charge in [0.05, 0.1) is 0 Å². The maximum Gasteiger partial charge on any atom is 0.306 e. The number of rotatable bonds is 39. The minimum atomic E-state index is -0.762. The van der Waals surface area contributed by atoms with Gasteiger partial charge in [-0.25, -0.2) is 0 Å². The average Bonchev–Trinajstić information content (AvgIpc) is 3.11. The van der Waals surface area contributed by atoms with Crippen LogP contribution in [0, 0.1) is 0 Å². The molecule has 0 aromatic carbocycles. The first-order valence-electron chi connectivity index (χ1n) is 21.7. The van der Waals surface area contributed by atoms with E-state index in [2.05, 4.69) is 32.9 Å². The van der Waals surface area contributed by atoms with Gasteiger partial charge in [0.2, 0.25) is 0 Å². The van der Waals surface area contributed by atoms with E-state index in [1.165, 1.54) is 128 Å². The maximum atomic E-state index is 12.6. The highest BCUT2D eigenvalue weighted by Gasteiger charge is 2.19. The number of esters is 3. The average molecular weight is 707 g/mol. The van der Waals surface area contributed by atoms with Crippen LogP contribution in [0.5, 0.6) is 0 Å². The molecule has 6 nitrogen and oxygen atoms in total. The van der Waals surface area contributed by atoms with Crippen LogP contribution in [-0.4, -0.2) is 37.2 Å². The van der Waals surface area contributed by atoms with Crippen LogP contribution < -0.4 is 0 Å². The van der Waals surface area contributed by atoms with Crippen molar-refractivity contribution in [1.29, 1.82) is 0 Å². The van der Waals surface area contributed by atoms with Gasteiger partial charge in [0, 0.05) is 19.3 Å². The molecule has 0 aliphatic rings. The summed E-state index contributed by atoms with van der Waals surface area (Å²) in [6.45, 7) is 6.56. The van der Waals surface area contributed by atoms with Crippen molar-refractivity contribution in [2.24, 2.45) is 0 Å². The van der Waals surface area contributed by atoms with Gasteiger partial charge in [0.25, 0.3) is 0 Å². The van der Waals surface area contributed by atoms with Crippen molar-refractivity contribution < 1.29 is 28.6 Å². The summed E-state index contributed by atoms with van der Waals surface area (Å²) in [6, 6.07) is 0. The third-order valence-corrected chi connectivity index (χ3v) is 9.52. The van der Waals surface area contributed by atoms with E-state index in [9.17, 15) is 14.4 Å². The molecule has 0 aliphatic heterocycles. The highest BCUT2D eigenvalue weighted by molar-refractivity contribution is 5.71. The fraction of sp³-hybridized carbons (Fsp3) is 0.886. The molecule has 0 aromatic heterocycles. The highest BCUT2D eigenvalue weighted by Crippen LogP contribution is 2.14. The molecule has 0 radical (unpaired) electrons. The SMILES string of the molecule is CCCCCCCCC/C=C\CCCCCCCC(=O)OCC(COC(=O)CCCCCCCCC)OC(=O)CCCCCCCCCCC. The number of hydrogen-bond donors (Lipinski definition) is 0. The molecule has 0 amide bonds. The lowest BCUT2D eigenvalue weighted by molar-refractivity contribution is -0.167. The van der Waals surface area contributed by atoms with E-state index in [1.54, 1.807) is 0 Å². The molecule has 0 saturated carbocycles. The van der Waals surface area contributed by atoms with Gasteiger partial charge >= 0.3 is 17.9 Å². The number of carbonyl (C=O) groups is 3. The fourth-order valence-electron chi connectivity index (χ4n) is 6.20. The van der Waals surface area contributed by atoms with E-state index in [0.29, 0.717) is 19.3 Å². The lowest BCUT2D eigenvalue weighted by atomic mass is 10.1. The first-order valence-corrected chi connectivity index (χ1v) is 21.7. The van der Waals surface area contributed by atoms with Crippen molar-refractivity contribution in [1.82, 2.24) is 0 Å². The molecule has 0 aliphatic carbocycles. The van der Waals surface area contributed by atoms with Crippen LogP contribution in [0.2, 0.25) is 0 Å². The third kappa shape index (κ3) is 37.4. The molecular formula is C44H82O6. The maximum absolute atomic E-state index is 12.6. The summed E-state index contributed by atoms with van der Waals surface area (Å²) in [6.07, 6.45) is 40.6. The second-order valence-corrected chi connectivity index (χ2v) is 14.6. The minimum Gasteiger partial charge on any atom is -0.462 e. The zero-order valence-corrected chi connectivity index (χ0v) is 33.4. The zero-order chi connectivity index (χ0) is 36.6. The molecule has 0 aromatic rings. The van der Waals surface area contributed by atoms with E-state index >= 15 is 0 Å². The number of unbranched alkanes of at least 4 members (excludes halogenated alkanes) is 26. The van der Waals surface area contributed by atoms with E-state index in [-0.39, 0.29) is 31.1 Å². The molecule has 0 heterocycles. The molecule has 0 spiro atoms. The lowest BCUT2D eigenvalue weighted by Crippen LogP contribution is -2.30. The van der Waals surface area contributed by atoms with Crippen molar-refractivity contribution in [2.75, 3.05) is 13.2 Å². The van der Waals surface area contributed by atoms with E-state index < -0.39 is 6.10 Å². The Labute approximate surface area is 310 Å². The topological polar surface area (TPSA) is 78.9 Å². The summed E-state index contributed by atoms with van der Waals surface area (Å²) < 4.78 is 16.6. The van der Waals surface area contributed by atoms with Crippen LogP contribution in [-0.2, 0) is 28.6 Å². The van der Waals surface area contributed by atoms with Crippen LogP contribution >= 0.6 is 0 Å². The summed E-state index contributed by atoms with van der Waals surface area (Å²) in [5.41, 5.74) is 0. The fourth-order valence-corrected chi connectivity index (χ4v) is 6.20. The molecule has 0 fully saturated rings. The van der Waals surface area contributed by atoms with Crippen LogP contribution in [0.3, 0.4) is 0 Å². The van der Waals surface area contributed by atoms with Crippen molar-refractivity contribution in [3.05, 3.63) is 12.2 Å². The van der Waals surface area contributed by atoms with Gasteiger partial charge in [0.15, 0.2) is 6.10 Å². The Morgan fingerprint density at radius 1 is 0.380 bits per heavy atom. The summed E-state index contributed by atoms with van der Waals surface area (Å²) in [5.74, 6) is -0.883. The summed E-state index contributed by atoms with van der Waals surface area (Å²) >= 11 is 0. The molecule has 50 heavy (non-hydrogen) atoms. The Kier molecular flexibility index (Phi) is 38.5. The molecule has 0 rings (SSSR count). The van der Waals surface area contributed by atoms with Crippen molar-refractivity contribution in [3.8, 4) is 0 Å². The van der Waals surface area contributed by atoms with E-state index in [4.69, 9.17) is 14.2 Å². The van der Waals surface area contributed by atoms with Crippen LogP contribution in [0.25, 0.3) is 0 Å². The smallest absolute Gasteiger partial charge is 0.306 e. The Morgan fingerprint density at radius 2 is 0.660 bits per heavy atom. The van der Waals surface area contributed by atoms with Gasteiger partial charge in [-0.1, -0.05) is 181 Å². The molecule has 1 unspecified atom stereocenters. The van der Waals surface area contributed by atoms with Gasteiger partial charge in [-0.2, -0.15) is 0 Å². The van der Waals surface area contributed by atoms with Crippen molar-refractivity contribution in [2.45, 2.75) is 239 Å². The number of carbonyl (C=O) groups excluding carboxylic acids is 3. The molecule has 0 saturated heterocycles. The normalized spacial score (nSPS) is 12.0. The Hall–Kier alpha value is -1.85. The van der Waals surface area contributed by atoms with Gasteiger partial charge in [0.1, 0.15) is 13.2 Å². The van der Waals surface area contributed by atoms with E-state index in [1.807, 2.05) is 0 Å². The molecular weight excluding hydrogens is 624 g/mol. The van der Waals surface area contributed by atoms with Crippen LogP contribution in [0.15, 0.2) is 12.2 Å². The largest absolute Gasteiger partial charge is 0.462 e. The van der Waals surface area contributed by atoms with Gasteiger partial charge < -0.3 is 14.2 Å². The molecule has 0 bridgehead atoms. The summed E-state index contributed by atoms with van der Waals surface area (Å²) in [7, 11) is 0. The Morgan fingerprint density at radius 3 is 1.00 bits per heavy atom. The zero-order valence-electron chi connectivity index (χ0n) is 33.4. The van der Waals surface area contributed by atoms with Gasteiger partial charge in [-0.15, -0.1) is 0 Å². The standard InChI is InChI=1S/C44H82O6/c1-4-7-10-13-16-18-19-20-21-22-23-24-26-28-31-34-37-43(46)49-40-41(39-48-42(45)36-33-30-27-15-12-9-6-3)50-44(47)38-35-32-29-25-17-14-11-8-5-2/h21-22,41H,4-20,23-40H2,1-3H3/b22-21-. The van der Waals surface area contributed by atoms with Gasteiger partial charge in [-0.3, -0.25) is 14.4 Å². The van der Waals surface area contributed by atoms with Crippen LogP contribution in [0.4, 0.5) is 0 Å². The molecule has 6 heteroatoms. The third-order valence-electron chi connectivity index (χ3n) is 9.52. The van der Waals surface area contributed by atoms with Gasteiger partial charge in [-0.05, 0) is 44.9 Å². The number of ether oxygens (including phenoxy) is 3. The Balaban J connectivity index is 4.25. The quantitative estimate of drug-likeness (QED) is 0.0274. The summed E-state index contributed by atoms with van der Waals surface area (Å²) in [5, 5.41) is 0. The molecule has 1 atom stereocenters. The predicted molar refractivity (Wildman–Crippen MR) is 210 cm³/mol. The highest BCUT2D eigenvalue weighted by atomic mass is 16.6. The number of hydrogen-bond acceptors (Lipinski definition) is 6. The minimum absolute atomic E-state index is 0.0698. The number of allylic oxidation sites excluding steroid dienone is 2. The van der Waals surface area contributed by atoms with Crippen molar-refractivity contribution in [3.63, 3.8) is 0 Å². The Bertz CT molecular complexity index is 778. The van der Waals surface area contributed by atoms with Crippen LogP contribution in [0.1, 0.15) is 233 Å². The first-order chi connectivity index (χ1) is 24.5. The molecule has 0 N–H and O–H groups in total. The van der Waals surface area contributed by atoms with Crippen molar-refractivity contribution >= 4 is 17.9 Å². The molecule has 294 valence electrons. The predicted octanol–water partition coefficient (Wildman–Crippen LogP) is 13.5. The second kappa shape index (κ2) is 39.9. The second-order valence-electron chi connectivity index (χ2n) is 14.6.